The van der Waals surface area contributed by atoms with E-state index >= 15 is 0 Å². The highest BCUT2D eigenvalue weighted by molar-refractivity contribution is 7.95. The molecule has 2 aliphatic heterocycles. The summed E-state index contributed by atoms with van der Waals surface area (Å²) < 4.78 is 30.5. The molecule has 1 aromatic rings. The van der Waals surface area contributed by atoms with Gasteiger partial charge in [-0.3, -0.25) is 0 Å². The van der Waals surface area contributed by atoms with E-state index in [0.717, 1.165) is 49.3 Å². The molecule has 0 unspecified atom stereocenters. The second kappa shape index (κ2) is 5.39. The van der Waals surface area contributed by atoms with Crippen LogP contribution in [0.5, 0.6) is 0 Å². The van der Waals surface area contributed by atoms with Crippen LogP contribution in [0.15, 0.2) is 28.5 Å². The van der Waals surface area contributed by atoms with Crippen molar-refractivity contribution in [2.75, 3.05) is 18.5 Å². The van der Waals surface area contributed by atoms with Crippen molar-refractivity contribution in [3.63, 3.8) is 0 Å². The summed E-state index contributed by atoms with van der Waals surface area (Å²) in [5, 5.41) is 4.93. The summed E-state index contributed by atoms with van der Waals surface area (Å²) >= 11 is 0. The molecule has 22 heavy (non-hydrogen) atoms. The van der Waals surface area contributed by atoms with Gasteiger partial charge in [0.2, 0.25) is 9.84 Å². The Hall–Kier alpha value is -1.33. The fraction of sp³-hybridized carbons (Fsp3) is 0.529. The van der Waals surface area contributed by atoms with Gasteiger partial charge in [0.25, 0.3) is 0 Å². The Morgan fingerprint density at radius 3 is 2.64 bits per heavy atom. The lowest BCUT2D eigenvalue weighted by Crippen LogP contribution is -2.28. The van der Waals surface area contributed by atoms with E-state index in [1.807, 2.05) is 18.2 Å². The normalized spacial score (nSPS) is 23.9. The van der Waals surface area contributed by atoms with Gasteiger partial charge in [-0.25, -0.2) is 8.42 Å². The molecule has 0 amide bonds. The standard InChI is InChI=1S/C17H21NO3S/c19-22(20)11-13(10-12-4-5-12)15-2-1-3-16(17(15)22)18-14-6-8-21-9-7-14/h1-3,11-12,14,18H,4-10H2. The van der Waals surface area contributed by atoms with E-state index in [1.165, 1.54) is 18.2 Å². The fourth-order valence-electron chi connectivity index (χ4n) is 3.37. The van der Waals surface area contributed by atoms with Crippen LogP contribution in [0.3, 0.4) is 0 Å². The highest BCUT2D eigenvalue weighted by Gasteiger charge is 2.33. The number of hydrogen-bond donors (Lipinski definition) is 1. The largest absolute Gasteiger partial charge is 0.381 e. The Morgan fingerprint density at radius 2 is 1.91 bits per heavy atom. The van der Waals surface area contributed by atoms with Crippen LogP contribution in [0, 0.1) is 5.92 Å². The average Bonchev–Trinajstić information content (AvgIpc) is 3.26. The van der Waals surface area contributed by atoms with Gasteiger partial charge in [0.15, 0.2) is 0 Å². The van der Waals surface area contributed by atoms with Gasteiger partial charge in [-0.05, 0) is 55.2 Å². The van der Waals surface area contributed by atoms with E-state index in [-0.39, 0.29) is 0 Å². The predicted molar refractivity (Wildman–Crippen MR) is 86.4 cm³/mol. The van der Waals surface area contributed by atoms with Crippen LogP contribution in [-0.4, -0.2) is 27.7 Å². The first-order valence-corrected chi connectivity index (χ1v) is 9.61. The third kappa shape index (κ3) is 2.68. The average molecular weight is 319 g/mol. The molecule has 2 fully saturated rings. The number of sulfone groups is 1. The first kappa shape index (κ1) is 14.3. The maximum absolute atomic E-state index is 12.6. The Morgan fingerprint density at radius 1 is 1.14 bits per heavy atom. The van der Waals surface area contributed by atoms with Crippen molar-refractivity contribution in [3.05, 3.63) is 29.2 Å². The van der Waals surface area contributed by atoms with Gasteiger partial charge in [-0.15, -0.1) is 0 Å². The molecule has 4 nitrogen and oxygen atoms in total. The van der Waals surface area contributed by atoms with Crippen molar-refractivity contribution >= 4 is 21.1 Å². The summed E-state index contributed by atoms with van der Waals surface area (Å²) in [5.41, 5.74) is 2.66. The van der Waals surface area contributed by atoms with Crippen molar-refractivity contribution in [3.8, 4) is 0 Å². The molecule has 0 atom stereocenters. The molecule has 0 aromatic heterocycles. The van der Waals surface area contributed by atoms with E-state index in [0.29, 0.717) is 16.9 Å². The molecule has 0 spiro atoms. The summed E-state index contributed by atoms with van der Waals surface area (Å²) in [7, 11) is -3.31. The molecule has 1 aliphatic carbocycles. The third-order valence-corrected chi connectivity index (χ3v) is 6.33. The number of benzene rings is 1. The van der Waals surface area contributed by atoms with Gasteiger partial charge < -0.3 is 10.1 Å². The molecule has 1 saturated heterocycles. The lowest BCUT2D eigenvalue weighted by molar-refractivity contribution is 0.0904. The number of ether oxygens (including phenoxy) is 1. The van der Waals surface area contributed by atoms with Crippen molar-refractivity contribution in [2.24, 2.45) is 5.92 Å². The number of fused-ring (bicyclic) bond motifs is 1. The zero-order valence-electron chi connectivity index (χ0n) is 12.5. The van der Waals surface area contributed by atoms with Crippen LogP contribution in [0.25, 0.3) is 5.57 Å². The lowest BCUT2D eigenvalue weighted by atomic mass is 10.0. The Labute approximate surface area is 131 Å². The fourth-order valence-corrected chi connectivity index (χ4v) is 5.03. The minimum atomic E-state index is -3.31. The van der Waals surface area contributed by atoms with Crippen LogP contribution in [-0.2, 0) is 14.6 Å². The van der Waals surface area contributed by atoms with E-state index in [2.05, 4.69) is 5.32 Å². The van der Waals surface area contributed by atoms with E-state index in [9.17, 15) is 8.42 Å². The molecule has 5 heteroatoms. The second-order valence-electron chi connectivity index (χ2n) is 6.55. The van der Waals surface area contributed by atoms with Crippen LogP contribution < -0.4 is 5.32 Å². The molecule has 0 radical (unpaired) electrons. The van der Waals surface area contributed by atoms with Gasteiger partial charge in [0, 0.05) is 24.7 Å². The van der Waals surface area contributed by atoms with Gasteiger partial charge >= 0.3 is 0 Å². The number of hydrogen-bond acceptors (Lipinski definition) is 4. The summed E-state index contributed by atoms with van der Waals surface area (Å²) in [5.74, 6) is 0.680. The lowest BCUT2D eigenvalue weighted by Gasteiger charge is -2.25. The van der Waals surface area contributed by atoms with Gasteiger partial charge in [-0.1, -0.05) is 12.1 Å². The van der Waals surface area contributed by atoms with Crippen LogP contribution in [0.4, 0.5) is 5.69 Å². The van der Waals surface area contributed by atoms with Crippen LogP contribution >= 0.6 is 0 Å². The number of nitrogens with one attached hydrogen (secondary N) is 1. The van der Waals surface area contributed by atoms with E-state index in [1.54, 1.807) is 0 Å². The van der Waals surface area contributed by atoms with Gasteiger partial charge in [0.05, 0.1) is 5.69 Å². The highest BCUT2D eigenvalue weighted by Crippen LogP contribution is 2.45. The van der Waals surface area contributed by atoms with E-state index < -0.39 is 9.84 Å². The smallest absolute Gasteiger partial charge is 0.202 e. The van der Waals surface area contributed by atoms with Crippen molar-refractivity contribution in [1.29, 1.82) is 0 Å². The summed E-state index contributed by atoms with van der Waals surface area (Å²) in [6.45, 7) is 1.48. The maximum Gasteiger partial charge on any atom is 0.202 e. The SMILES string of the molecule is O=S1(=O)C=C(CC2CC2)c2cccc(NC3CCOCC3)c21. The second-order valence-corrected chi connectivity index (χ2v) is 8.28. The Kier molecular flexibility index (Phi) is 3.50. The molecule has 118 valence electrons. The maximum atomic E-state index is 12.6. The van der Waals surface area contributed by atoms with Crippen molar-refractivity contribution in [2.45, 2.75) is 43.0 Å². The minimum Gasteiger partial charge on any atom is -0.381 e. The van der Waals surface area contributed by atoms with Gasteiger partial charge in [0.1, 0.15) is 4.90 Å². The number of rotatable bonds is 4. The summed E-state index contributed by atoms with van der Waals surface area (Å²) in [6.07, 6.45) is 5.20. The van der Waals surface area contributed by atoms with Crippen LogP contribution in [0.2, 0.25) is 0 Å². The molecular formula is C17H21NO3S. The molecule has 1 aromatic carbocycles. The quantitative estimate of drug-likeness (QED) is 0.926. The van der Waals surface area contributed by atoms with Crippen molar-refractivity contribution < 1.29 is 13.2 Å². The monoisotopic (exact) mass is 319 g/mol. The van der Waals surface area contributed by atoms with Crippen molar-refractivity contribution in [1.82, 2.24) is 0 Å². The highest BCUT2D eigenvalue weighted by atomic mass is 32.2. The molecule has 1 N–H and O–H groups in total. The van der Waals surface area contributed by atoms with Crippen LogP contribution in [0.1, 0.15) is 37.7 Å². The predicted octanol–water partition coefficient (Wildman–Crippen LogP) is 3.21. The Bertz CT molecular complexity index is 713. The van der Waals surface area contributed by atoms with E-state index in [4.69, 9.17) is 4.74 Å². The summed E-state index contributed by atoms with van der Waals surface area (Å²) in [4.78, 5) is 0.483. The number of allylic oxidation sites excluding steroid dienone is 1. The molecular weight excluding hydrogens is 298 g/mol. The molecule has 2 heterocycles. The minimum absolute atomic E-state index is 0.294. The number of anilines is 1. The third-order valence-electron chi connectivity index (χ3n) is 4.73. The van der Waals surface area contributed by atoms with Gasteiger partial charge in [-0.2, -0.15) is 0 Å². The molecule has 1 saturated carbocycles. The molecule has 4 rings (SSSR count). The molecule has 0 bridgehead atoms. The summed E-state index contributed by atoms with van der Waals surface area (Å²) in [6, 6.07) is 6.09. The topological polar surface area (TPSA) is 55.4 Å². The Balaban J connectivity index is 1.66. The zero-order chi connectivity index (χ0) is 15.2. The first-order valence-electron chi connectivity index (χ1n) is 8.07. The first-order chi connectivity index (χ1) is 10.6. The molecule has 3 aliphatic rings. The zero-order valence-corrected chi connectivity index (χ0v) is 13.4.